The Morgan fingerprint density at radius 2 is 1.39 bits per heavy atom. The number of amides is 1. The van der Waals surface area contributed by atoms with E-state index in [0.717, 1.165) is 26.0 Å². The van der Waals surface area contributed by atoms with E-state index >= 15 is 0 Å². The van der Waals surface area contributed by atoms with Gasteiger partial charge in [-0.25, -0.2) is 4.39 Å². The van der Waals surface area contributed by atoms with Gasteiger partial charge < -0.3 is 38.6 Å². The van der Waals surface area contributed by atoms with Gasteiger partial charge in [0.25, 0.3) is 0 Å². The molecule has 1 amide bonds. The van der Waals surface area contributed by atoms with Gasteiger partial charge in [0.05, 0.1) is 18.1 Å². The molecule has 4 rings (SSSR count). The van der Waals surface area contributed by atoms with E-state index < -0.39 is 100 Å². The summed E-state index contributed by atoms with van der Waals surface area (Å²) < 4.78 is 94.5. The predicted molar refractivity (Wildman–Crippen MR) is 186 cm³/mol. The van der Waals surface area contributed by atoms with Crippen molar-refractivity contribution in [1.29, 1.82) is 0 Å². The Bertz CT molecular complexity index is 1960. The number of hydrogen-bond donors (Lipinski definition) is 3. The summed E-state index contributed by atoms with van der Waals surface area (Å²) in [6, 6.07) is 15.1. The maximum absolute atomic E-state index is 13.7. The van der Waals surface area contributed by atoms with E-state index in [1.54, 1.807) is 24.3 Å². The highest BCUT2D eigenvalue weighted by atomic mass is 32.2. The normalized spacial score (nSPS) is 17.6. The zero-order valence-electron chi connectivity index (χ0n) is 30.1. The number of β-lactam (4-membered cyclic amide) rings is 1. The molecule has 1 aliphatic rings. The van der Waals surface area contributed by atoms with Crippen molar-refractivity contribution in [3.05, 3.63) is 95.3 Å². The van der Waals surface area contributed by atoms with E-state index in [-0.39, 0.29) is 24.9 Å². The third-order valence-electron chi connectivity index (χ3n) is 8.84. The van der Waals surface area contributed by atoms with Crippen LogP contribution in [0.4, 0.5) is 23.2 Å². The van der Waals surface area contributed by atoms with Gasteiger partial charge >= 0.3 is 33.5 Å². The molecule has 14 nitrogen and oxygen atoms in total. The van der Waals surface area contributed by atoms with E-state index in [0.29, 0.717) is 16.7 Å². The molecule has 0 aromatic heterocycles. The fourth-order valence-corrected chi connectivity index (χ4v) is 6.52. The summed E-state index contributed by atoms with van der Waals surface area (Å²) in [7, 11) is -5.96. The molecule has 3 aromatic rings. The van der Waals surface area contributed by atoms with Gasteiger partial charge in [0.15, 0.2) is 5.60 Å². The summed E-state index contributed by atoms with van der Waals surface area (Å²) in [5, 5.41) is 32.7. The first-order valence-electron chi connectivity index (χ1n) is 16.9. The van der Waals surface area contributed by atoms with E-state index in [2.05, 4.69) is 4.18 Å². The lowest BCUT2D eigenvalue weighted by atomic mass is 9.78. The summed E-state index contributed by atoms with van der Waals surface area (Å²) in [5.41, 5.74) is -6.44. The van der Waals surface area contributed by atoms with Crippen LogP contribution in [-0.2, 0) is 49.9 Å². The molecule has 0 saturated carbocycles. The summed E-state index contributed by atoms with van der Waals surface area (Å²) in [6.07, 6.45) is -4.48. The first-order valence-corrected chi connectivity index (χ1v) is 18.3. The summed E-state index contributed by atoms with van der Waals surface area (Å²) in [4.78, 5) is 49.7. The van der Waals surface area contributed by atoms with Crippen LogP contribution in [0.2, 0.25) is 0 Å². The minimum Gasteiger partial charge on any atom is -0.463 e. The van der Waals surface area contributed by atoms with Gasteiger partial charge in [-0.15, -0.1) is 0 Å². The van der Waals surface area contributed by atoms with Crippen LogP contribution >= 0.6 is 0 Å². The number of aliphatic hydroxyl groups is 3. The van der Waals surface area contributed by atoms with Crippen LogP contribution in [0.1, 0.15) is 62.4 Å². The Hall–Kier alpha value is -5.11. The van der Waals surface area contributed by atoms with Crippen molar-refractivity contribution >= 4 is 39.6 Å². The molecule has 0 aliphatic carbocycles. The average molecular weight is 814 g/mol. The Morgan fingerprint density at radius 3 is 1.89 bits per heavy atom. The molecule has 5 atom stereocenters. The molecule has 1 fully saturated rings. The van der Waals surface area contributed by atoms with Gasteiger partial charge in [-0.05, 0) is 65.9 Å². The van der Waals surface area contributed by atoms with Gasteiger partial charge in [-0.1, -0.05) is 36.4 Å². The third-order valence-corrected chi connectivity index (χ3v) is 9.82. The lowest BCUT2D eigenvalue weighted by molar-refractivity contribution is -0.190. The third kappa shape index (κ3) is 10.8. The second-order valence-electron chi connectivity index (χ2n) is 13.1. The van der Waals surface area contributed by atoms with Crippen LogP contribution in [0.3, 0.4) is 0 Å². The van der Waals surface area contributed by atoms with Crippen molar-refractivity contribution in [3.8, 4) is 5.75 Å². The first kappa shape index (κ1) is 43.6. The van der Waals surface area contributed by atoms with Gasteiger partial charge in [0.2, 0.25) is 5.91 Å². The number of nitrogens with zero attached hydrogens (tertiary/aromatic N) is 1. The van der Waals surface area contributed by atoms with Crippen LogP contribution in [0.15, 0.2) is 72.8 Å². The quantitative estimate of drug-likeness (QED) is 0.0442. The average Bonchev–Trinajstić information content (AvgIpc) is 3.12. The standard InChI is InChI=1S/C37H39F4NO13S/c1-21(43)52-19-36(49,20-53-22(2)44)34(47)31(46)18-24-4-6-26(7-5-24)33-30(16-17-32(54-23(3)45)25-8-10-27(38)11-9-25)35(48)42(33)28-12-14-29(15-13-28)55-56(50,51)37(39,40)41/h4-15,30-34,46-47,49H,16-20H2,1-3H3/t30-,31?,32?,33-,34?/m1/s1. The van der Waals surface area contributed by atoms with Gasteiger partial charge in [-0.3, -0.25) is 19.2 Å². The maximum atomic E-state index is 13.7. The first-order chi connectivity index (χ1) is 26.1. The van der Waals surface area contributed by atoms with E-state index in [4.69, 9.17) is 14.2 Å². The molecule has 3 unspecified atom stereocenters. The highest BCUT2D eigenvalue weighted by Crippen LogP contribution is 2.47. The van der Waals surface area contributed by atoms with E-state index in [9.17, 15) is 60.5 Å². The fourth-order valence-electron chi connectivity index (χ4n) is 6.07. The van der Waals surface area contributed by atoms with Gasteiger partial charge in [0.1, 0.15) is 37.0 Å². The molecule has 3 aromatic carbocycles. The van der Waals surface area contributed by atoms with Crippen molar-refractivity contribution < 1.29 is 78.9 Å². The molecule has 19 heteroatoms. The number of ether oxygens (including phenoxy) is 3. The molecule has 304 valence electrons. The number of aliphatic hydroxyl groups excluding tert-OH is 2. The van der Waals surface area contributed by atoms with Crippen LogP contribution in [0.5, 0.6) is 5.75 Å². The van der Waals surface area contributed by atoms with Crippen LogP contribution < -0.4 is 9.08 Å². The van der Waals surface area contributed by atoms with Crippen molar-refractivity contribution in [2.45, 2.75) is 75.5 Å². The van der Waals surface area contributed by atoms with Gasteiger partial charge in [-0.2, -0.15) is 21.6 Å². The number of rotatable bonds is 17. The SMILES string of the molecule is CC(=O)OCC(O)(COC(C)=O)C(O)C(O)Cc1ccc([C@@H]2[C@@H](CCC(OC(C)=O)c3ccc(F)cc3)C(=O)N2c2ccc(OS(=O)(=O)C(F)(F)F)cc2)cc1. The molecule has 1 saturated heterocycles. The number of esters is 3. The molecule has 1 aliphatic heterocycles. The molecular formula is C37H39F4NO13S. The highest BCUT2D eigenvalue weighted by molar-refractivity contribution is 7.88. The minimum atomic E-state index is -5.96. The monoisotopic (exact) mass is 813 g/mol. The summed E-state index contributed by atoms with van der Waals surface area (Å²) in [5.74, 6) is -4.60. The molecule has 3 N–H and O–H groups in total. The van der Waals surface area contributed by atoms with E-state index in [1.165, 1.54) is 48.2 Å². The number of benzene rings is 3. The molecule has 1 heterocycles. The van der Waals surface area contributed by atoms with Crippen molar-refractivity contribution in [1.82, 2.24) is 0 Å². The Kier molecular flexibility index (Phi) is 13.8. The lowest BCUT2D eigenvalue weighted by Crippen LogP contribution is -2.56. The minimum absolute atomic E-state index is 0.125. The van der Waals surface area contributed by atoms with Crippen molar-refractivity contribution in [2.75, 3.05) is 18.1 Å². The van der Waals surface area contributed by atoms with E-state index in [1.807, 2.05) is 0 Å². The second kappa shape index (κ2) is 17.8. The lowest BCUT2D eigenvalue weighted by Gasteiger charge is -2.48. The number of halogens is 4. The van der Waals surface area contributed by atoms with Crippen molar-refractivity contribution in [3.63, 3.8) is 0 Å². The number of hydrogen-bond acceptors (Lipinski definition) is 13. The molecule has 0 bridgehead atoms. The molecular weight excluding hydrogens is 774 g/mol. The zero-order valence-corrected chi connectivity index (χ0v) is 31.0. The Balaban J connectivity index is 1.60. The summed E-state index contributed by atoms with van der Waals surface area (Å²) in [6.45, 7) is 1.70. The number of carbonyl (C=O) groups is 4. The van der Waals surface area contributed by atoms with Gasteiger partial charge in [0, 0.05) is 32.9 Å². The number of anilines is 1. The summed E-state index contributed by atoms with van der Waals surface area (Å²) >= 11 is 0. The number of carbonyl (C=O) groups excluding carboxylic acids is 4. The van der Waals surface area contributed by atoms with Crippen molar-refractivity contribution in [2.24, 2.45) is 5.92 Å². The predicted octanol–water partition coefficient (Wildman–Crippen LogP) is 3.96. The second-order valence-corrected chi connectivity index (χ2v) is 14.6. The Labute approximate surface area is 318 Å². The topological polar surface area (TPSA) is 203 Å². The smallest absolute Gasteiger partial charge is 0.463 e. The molecule has 0 spiro atoms. The Morgan fingerprint density at radius 1 is 0.839 bits per heavy atom. The molecule has 56 heavy (non-hydrogen) atoms. The maximum Gasteiger partial charge on any atom is 0.534 e. The van der Waals surface area contributed by atoms with Crippen LogP contribution in [-0.4, -0.2) is 84.1 Å². The molecule has 0 radical (unpaired) electrons. The highest BCUT2D eigenvalue weighted by Gasteiger charge is 2.50. The van der Waals surface area contributed by atoms with Crippen LogP contribution in [0.25, 0.3) is 0 Å². The largest absolute Gasteiger partial charge is 0.534 e. The fraction of sp³-hybridized carbons (Fsp3) is 0.405. The number of alkyl halides is 3. The zero-order chi connectivity index (χ0) is 41.6. The van der Waals surface area contributed by atoms with Crippen LogP contribution in [0, 0.1) is 11.7 Å².